The number of nitrogens with zero attached hydrogens (tertiary/aromatic N) is 2. The van der Waals surface area contributed by atoms with Crippen molar-refractivity contribution in [2.45, 2.75) is 30.6 Å². The standard InChI is InChI=1S/C23H29N3O4S/c1-19(20-9-4-2-5-10-20)23(28)25-15-8-16-26(17-13-22(27)24-14-18-25)31(29,30)21-11-6-3-7-12-21/h2-7,9-12,19H,8,13-18H2,1H3,(H,24,27). The zero-order valence-electron chi connectivity index (χ0n) is 17.7. The van der Waals surface area contributed by atoms with Crippen molar-refractivity contribution in [2.75, 3.05) is 32.7 Å². The summed E-state index contributed by atoms with van der Waals surface area (Å²) in [5.41, 5.74) is 0.930. The van der Waals surface area contributed by atoms with Gasteiger partial charge in [-0.25, -0.2) is 8.42 Å². The molecule has 2 aromatic rings. The Kier molecular flexibility index (Phi) is 7.81. The van der Waals surface area contributed by atoms with E-state index in [1.165, 1.54) is 4.31 Å². The van der Waals surface area contributed by atoms with E-state index in [1.807, 2.05) is 37.3 Å². The van der Waals surface area contributed by atoms with Crippen LogP contribution in [0.2, 0.25) is 0 Å². The van der Waals surface area contributed by atoms with Crippen LogP contribution in [-0.2, 0) is 19.6 Å². The highest BCUT2D eigenvalue weighted by molar-refractivity contribution is 7.89. The first-order chi connectivity index (χ1) is 14.9. The van der Waals surface area contributed by atoms with Crippen molar-refractivity contribution in [1.82, 2.24) is 14.5 Å². The summed E-state index contributed by atoms with van der Waals surface area (Å²) in [6, 6.07) is 17.8. The Morgan fingerprint density at radius 1 is 0.935 bits per heavy atom. The molecule has 7 nitrogen and oxygen atoms in total. The molecule has 31 heavy (non-hydrogen) atoms. The lowest BCUT2D eigenvalue weighted by atomic mass is 9.99. The van der Waals surface area contributed by atoms with Gasteiger partial charge in [-0.1, -0.05) is 48.5 Å². The Bertz CT molecular complexity index is 980. The Morgan fingerprint density at radius 3 is 2.26 bits per heavy atom. The number of sulfonamides is 1. The molecule has 0 aliphatic carbocycles. The molecule has 1 aliphatic rings. The number of hydrogen-bond donors (Lipinski definition) is 1. The quantitative estimate of drug-likeness (QED) is 0.785. The second-order valence-corrected chi connectivity index (χ2v) is 9.57. The third-order valence-corrected chi connectivity index (χ3v) is 7.40. The van der Waals surface area contributed by atoms with E-state index in [9.17, 15) is 18.0 Å². The van der Waals surface area contributed by atoms with Gasteiger partial charge in [-0.3, -0.25) is 9.59 Å². The lowest BCUT2D eigenvalue weighted by molar-refractivity contribution is -0.133. The van der Waals surface area contributed by atoms with E-state index in [-0.39, 0.29) is 42.1 Å². The van der Waals surface area contributed by atoms with Gasteiger partial charge < -0.3 is 10.2 Å². The molecule has 2 aromatic carbocycles. The molecule has 2 amide bonds. The van der Waals surface area contributed by atoms with Crippen LogP contribution in [0, 0.1) is 0 Å². The van der Waals surface area contributed by atoms with Crippen molar-refractivity contribution in [3.05, 3.63) is 66.2 Å². The zero-order valence-corrected chi connectivity index (χ0v) is 18.6. The highest BCUT2D eigenvalue weighted by Crippen LogP contribution is 2.19. The number of rotatable bonds is 4. The molecule has 3 rings (SSSR count). The van der Waals surface area contributed by atoms with E-state index in [0.717, 1.165) is 5.56 Å². The maximum absolute atomic E-state index is 13.1. The van der Waals surface area contributed by atoms with Crippen LogP contribution in [0.5, 0.6) is 0 Å². The van der Waals surface area contributed by atoms with Gasteiger partial charge in [0.05, 0.1) is 10.8 Å². The maximum atomic E-state index is 13.1. The van der Waals surface area contributed by atoms with Crippen LogP contribution in [-0.4, -0.2) is 62.2 Å². The van der Waals surface area contributed by atoms with Gasteiger partial charge in [0.2, 0.25) is 21.8 Å². The Morgan fingerprint density at radius 2 is 1.58 bits per heavy atom. The summed E-state index contributed by atoms with van der Waals surface area (Å²) in [5, 5.41) is 2.80. The van der Waals surface area contributed by atoms with Crippen LogP contribution < -0.4 is 5.32 Å². The summed E-state index contributed by atoms with van der Waals surface area (Å²) in [6.45, 7) is 3.39. The van der Waals surface area contributed by atoms with Crippen LogP contribution in [0.15, 0.2) is 65.6 Å². The van der Waals surface area contributed by atoms with Crippen molar-refractivity contribution < 1.29 is 18.0 Å². The highest BCUT2D eigenvalue weighted by atomic mass is 32.2. The predicted octanol–water partition coefficient (Wildman–Crippen LogP) is 2.22. The van der Waals surface area contributed by atoms with Crippen LogP contribution in [0.3, 0.4) is 0 Å². The Hall–Kier alpha value is -2.71. The molecule has 1 fully saturated rings. The summed E-state index contributed by atoms with van der Waals surface area (Å²) >= 11 is 0. The fourth-order valence-electron chi connectivity index (χ4n) is 3.67. The highest BCUT2D eigenvalue weighted by Gasteiger charge is 2.27. The van der Waals surface area contributed by atoms with E-state index in [4.69, 9.17) is 0 Å². The molecule has 1 unspecified atom stereocenters. The monoisotopic (exact) mass is 443 g/mol. The van der Waals surface area contributed by atoms with Crippen LogP contribution in [0.1, 0.15) is 31.2 Å². The fourth-order valence-corrected chi connectivity index (χ4v) is 5.17. The topological polar surface area (TPSA) is 86.8 Å². The van der Waals surface area contributed by atoms with Crippen molar-refractivity contribution in [3.8, 4) is 0 Å². The molecule has 1 aliphatic heterocycles. The van der Waals surface area contributed by atoms with Crippen molar-refractivity contribution >= 4 is 21.8 Å². The molecule has 0 bridgehead atoms. The first-order valence-corrected chi connectivity index (χ1v) is 12.0. The third-order valence-electron chi connectivity index (χ3n) is 5.49. The number of nitrogens with one attached hydrogen (secondary N) is 1. The SMILES string of the molecule is CC(C(=O)N1CCCN(S(=O)(=O)c2ccccc2)CCC(=O)NCC1)c1ccccc1. The second kappa shape index (κ2) is 10.5. The number of carbonyl (C=O) groups excluding carboxylic acids is 2. The van der Waals surface area contributed by atoms with Crippen molar-refractivity contribution in [2.24, 2.45) is 0 Å². The minimum Gasteiger partial charge on any atom is -0.354 e. The van der Waals surface area contributed by atoms with Gasteiger partial charge in [0.15, 0.2) is 0 Å². The average molecular weight is 444 g/mol. The summed E-state index contributed by atoms with van der Waals surface area (Å²) in [7, 11) is -3.71. The molecular weight excluding hydrogens is 414 g/mol. The number of hydrogen-bond acceptors (Lipinski definition) is 4. The van der Waals surface area contributed by atoms with E-state index >= 15 is 0 Å². The van der Waals surface area contributed by atoms with Crippen LogP contribution in [0.25, 0.3) is 0 Å². The summed E-state index contributed by atoms with van der Waals surface area (Å²) in [4.78, 5) is 27.3. The van der Waals surface area contributed by atoms with Crippen molar-refractivity contribution in [3.63, 3.8) is 0 Å². The van der Waals surface area contributed by atoms with Gasteiger partial charge in [-0.15, -0.1) is 0 Å². The van der Waals surface area contributed by atoms with E-state index in [0.29, 0.717) is 26.1 Å². The van der Waals surface area contributed by atoms with Crippen molar-refractivity contribution in [1.29, 1.82) is 0 Å². The molecule has 1 atom stereocenters. The van der Waals surface area contributed by atoms with Gasteiger partial charge >= 0.3 is 0 Å². The smallest absolute Gasteiger partial charge is 0.243 e. The van der Waals surface area contributed by atoms with E-state index in [2.05, 4.69) is 5.32 Å². The first kappa shape index (κ1) is 23.0. The molecule has 0 radical (unpaired) electrons. The molecule has 1 heterocycles. The molecule has 0 aromatic heterocycles. The molecule has 0 saturated carbocycles. The number of benzene rings is 2. The van der Waals surface area contributed by atoms with E-state index in [1.54, 1.807) is 35.2 Å². The number of carbonyl (C=O) groups is 2. The third kappa shape index (κ3) is 5.92. The molecule has 166 valence electrons. The first-order valence-electron chi connectivity index (χ1n) is 10.5. The maximum Gasteiger partial charge on any atom is 0.243 e. The van der Waals surface area contributed by atoms with Gasteiger partial charge in [0.25, 0.3) is 0 Å². The molecule has 8 heteroatoms. The molecule has 0 spiro atoms. The molecular formula is C23H29N3O4S. The summed E-state index contributed by atoms with van der Waals surface area (Å²) < 4.78 is 27.5. The average Bonchev–Trinajstić information content (AvgIpc) is 2.84. The molecule has 1 N–H and O–H groups in total. The van der Waals surface area contributed by atoms with Gasteiger partial charge in [-0.2, -0.15) is 4.31 Å². The minimum absolute atomic E-state index is 0.0304. The van der Waals surface area contributed by atoms with E-state index < -0.39 is 10.0 Å². The lowest BCUT2D eigenvalue weighted by Crippen LogP contribution is -2.41. The fraction of sp³-hybridized carbons (Fsp3) is 0.391. The normalized spacial score (nSPS) is 18.0. The Labute approximate surface area is 184 Å². The second-order valence-electron chi connectivity index (χ2n) is 7.63. The predicted molar refractivity (Wildman–Crippen MR) is 119 cm³/mol. The largest absolute Gasteiger partial charge is 0.354 e. The number of amides is 2. The lowest BCUT2D eigenvalue weighted by Gasteiger charge is -2.27. The zero-order chi connectivity index (χ0) is 22.3. The minimum atomic E-state index is -3.71. The van der Waals surface area contributed by atoms with Crippen LogP contribution in [0.4, 0.5) is 0 Å². The summed E-state index contributed by atoms with van der Waals surface area (Å²) in [5.74, 6) is -0.568. The van der Waals surface area contributed by atoms with Crippen LogP contribution >= 0.6 is 0 Å². The molecule has 1 saturated heterocycles. The summed E-state index contributed by atoms with van der Waals surface area (Å²) in [6.07, 6.45) is 0.577. The Balaban J connectivity index is 1.75. The van der Waals surface area contributed by atoms with Gasteiger partial charge in [0.1, 0.15) is 0 Å². The van der Waals surface area contributed by atoms with Gasteiger partial charge in [-0.05, 0) is 31.0 Å². The van der Waals surface area contributed by atoms with Gasteiger partial charge in [0, 0.05) is 39.1 Å².